The van der Waals surface area contributed by atoms with Crippen molar-refractivity contribution in [1.82, 2.24) is 9.88 Å². The van der Waals surface area contributed by atoms with E-state index in [1.807, 2.05) is 27.7 Å². The van der Waals surface area contributed by atoms with E-state index >= 15 is 0 Å². The van der Waals surface area contributed by atoms with Gasteiger partial charge in [0.05, 0.1) is 12.1 Å². The zero-order valence-corrected chi connectivity index (χ0v) is 15.4. The molecule has 1 saturated heterocycles. The summed E-state index contributed by atoms with van der Waals surface area (Å²) in [4.78, 5) is 20.6. The van der Waals surface area contributed by atoms with Crippen LogP contribution in [-0.4, -0.2) is 51.9 Å². The monoisotopic (exact) mass is 351 g/mol. The summed E-state index contributed by atoms with van der Waals surface area (Å²) >= 11 is 0. The van der Waals surface area contributed by atoms with E-state index in [1.54, 1.807) is 4.90 Å². The van der Waals surface area contributed by atoms with Gasteiger partial charge in [0.15, 0.2) is 0 Å². The first kappa shape index (κ1) is 17.9. The molecule has 0 aromatic carbocycles. The number of anilines is 1. The summed E-state index contributed by atoms with van der Waals surface area (Å²) in [5, 5.41) is 9.73. The Hall–Kier alpha value is -1.89. The Morgan fingerprint density at radius 3 is 2.72 bits per heavy atom. The minimum Gasteiger partial charge on any atom is -0.444 e. The Bertz CT molecular complexity index is 687. The van der Waals surface area contributed by atoms with Crippen LogP contribution >= 0.6 is 0 Å². The molecule has 0 radical (unpaired) electrons. The van der Waals surface area contributed by atoms with E-state index in [1.165, 1.54) is 13.0 Å². The van der Waals surface area contributed by atoms with Crippen LogP contribution in [-0.2, 0) is 11.2 Å². The van der Waals surface area contributed by atoms with Gasteiger partial charge in [-0.1, -0.05) is 0 Å². The molecular formula is C18H26FN3O3. The van der Waals surface area contributed by atoms with Gasteiger partial charge in [0.2, 0.25) is 0 Å². The average molecular weight is 351 g/mol. The number of amides is 1. The molecule has 1 fully saturated rings. The molecule has 25 heavy (non-hydrogen) atoms. The molecule has 6 nitrogen and oxygen atoms in total. The molecule has 1 aromatic heterocycles. The van der Waals surface area contributed by atoms with Gasteiger partial charge in [-0.3, -0.25) is 0 Å². The molecule has 1 N–H and O–H groups in total. The first-order valence-corrected chi connectivity index (χ1v) is 8.70. The second kappa shape index (κ2) is 6.12. The van der Waals surface area contributed by atoms with Gasteiger partial charge >= 0.3 is 6.09 Å². The Kier molecular flexibility index (Phi) is 4.39. The van der Waals surface area contributed by atoms with E-state index < -0.39 is 17.5 Å². The molecule has 138 valence electrons. The number of aliphatic hydroxyl groups is 1. The highest BCUT2D eigenvalue weighted by Gasteiger charge is 2.42. The van der Waals surface area contributed by atoms with Crippen LogP contribution in [0.25, 0.3) is 0 Å². The third-order valence-corrected chi connectivity index (χ3v) is 4.59. The predicted molar refractivity (Wildman–Crippen MR) is 92.1 cm³/mol. The topological polar surface area (TPSA) is 65.9 Å². The molecule has 0 bridgehead atoms. The SMILES string of the molecule is CC1CN(C(=O)OC(C)(C)C)CC2Cc3cc(F)c([C@@H](C)O)nc3N12. The number of aromatic nitrogens is 1. The highest BCUT2D eigenvalue weighted by atomic mass is 19.1. The molecule has 2 aliphatic rings. The van der Waals surface area contributed by atoms with Crippen LogP contribution in [0.2, 0.25) is 0 Å². The number of piperazine rings is 1. The van der Waals surface area contributed by atoms with E-state index in [2.05, 4.69) is 9.88 Å². The summed E-state index contributed by atoms with van der Waals surface area (Å²) in [6.45, 7) is 10.1. The van der Waals surface area contributed by atoms with Crippen LogP contribution in [0.3, 0.4) is 0 Å². The van der Waals surface area contributed by atoms with E-state index in [0.717, 1.165) is 11.4 Å². The van der Waals surface area contributed by atoms with E-state index in [9.17, 15) is 14.3 Å². The van der Waals surface area contributed by atoms with Gasteiger partial charge in [0, 0.05) is 19.1 Å². The lowest BCUT2D eigenvalue weighted by atomic mass is 10.1. The number of hydrogen-bond donors (Lipinski definition) is 1. The van der Waals surface area contributed by atoms with Gasteiger partial charge in [-0.2, -0.15) is 0 Å². The van der Waals surface area contributed by atoms with Crippen LogP contribution in [0.5, 0.6) is 0 Å². The molecule has 2 unspecified atom stereocenters. The molecule has 3 rings (SSSR count). The smallest absolute Gasteiger partial charge is 0.410 e. The average Bonchev–Trinajstić information content (AvgIpc) is 2.81. The largest absolute Gasteiger partial charge is 0.444 e. The van der Waals surface area contributed by atoms with Crippen molar-refractivity contribution in [2.45, 2.75) is 64.8 Å². The highest BCUT2D eigenvalue weighted by Crippen LogP contribution is 2.37. The molecule has 0 saturated carbocycles. The molecule has 0 spiro atoms. The van der Waals surface area contributed by atoms with Crippen molar-refractivity contribution in [3.63, 3.8) is 0 Å². The standard InChI is InChI=1S/C18H26FN3O3/c1-10-8-21(17(24)25-18(3,4)5)9-13-6-12-7-14(19)15(11(2)23)20-16(12)22(10)13/h7,10-11,13,23H,6,8-9H2,1-5H3/t10?,11-,13?/m1/s1. The Morgan fingerprint density at radius 1 is 1.44 bits per heavy atom. The van der Waals surface area contributed by atoms with Gasteiger partial charge < -0.3 is 19.6 Å². The zero-order valence-electron chi connectivity index (χ0n) is 15.4. The van der Waals surface area contributed by atoms with Crippen molar-refractivity contribution in [2.24, 2.45) is 0 Å². The highest BCUT2D eigenvalue weighted by molar-refractivity contribution is 5.69. The third kappa shape index (κ3) is 3.42. The Labute approximate surface area is 147 Å². The predicted octanol–water partition coefficient (Wildman–Crippen LogP) is 2.64. The summed E-state index contributed by atoms with van der Waals surface area (Å²) in [6.07, 6.45) is -0.648. The number of nitrogens with zero attached hydrogens (tertiary/aromatic N) is 3. The van der Waals surface area contributed by atoms with E-state index in [0.29, 0.717) is 19.5 Å². The summed E-state index contributed by atoms with van der Waals surface area (Å²) in [5.74, 6) is 0.240. The molecule has 1 aromatic rings. The second-order valence-corrected chi connectivity index (χ2v) is 8.01. The molecule has 0 aliphatic carbocycles. The lowest BCUT2D eigenvalue weighted by Gasteiger charge is -2.43. The summed E-state index contributed by atoms with van der Waals surface area (Å²) in [6, 6.07) is 1.54. The fourth-order valence-electron chi connectivity index (χ4n) is 3.66. The van der Waals surface area contributed by atoms with Crippen LogP contribution in [0, 0.1) is 5.82 Å². The van der Waals surface area contributed by atoms with Crippen molar-refractivity contribution in [2.75, 3.05) is 18.0 Å². The number of rotatable bonds is 1. The zero-order chi connectivity index (χ0) is 18.5. The van der Waals surface area contributed by atoms with Crippen LogP contribution < -0.4 is 4.90 Å². The van der Waals surface area contributed by atoms with Crippen LogP contribution in [0.4, 0.5) is 15.0 Å². The quantitative estimate of drug-likeness (QED) is 0.843. The Morgan fingerprint density at radius 2 is 2.12 bits per heavy atom. The number of ether oxygens (including phenoxy) is 1. The number of carbonyl (C=O) groups is 1. The molecule has 3 atom stereocenters. The molecule has 7 heteroatoms. The maximum atomic E-state index is 14.1. The first-order chi connectivity index (χ1) is 11.6. The summed E-state index contributed by atoms with van der Waals surface area (Å²) in [5.41, 5.74) is 0.360. The minimum atomic E-state index is -0.956. The van der Waals surface area contributed by atoms with Crippen LogP contribution in [0.1, 0.15) is 52.0 Å². The van der Waals surface area contributed by atoms with Gasteiger partial charge in [0.1, 0.15) is 22.9 Å². The number of fused-ring (bicyclic) bond motifs is 3. The van der Waals surface area contributed by atoms with Crippen molar-refractivity contribution in [3.8, 4) is 0 Å². The minimum absolute atomic E-state index is 0.0346. The number of carbonyl (C=O) groups excluding carboxylic acids is 1. The summed E-state index contributed by atoms with van der Waals surface area (Å²) < 4.78 is 19.6. The van der Waals surface area contributed by atoms with Crippen molar-refractivity contribution >= 4 is 11.9 Å². The number of pyridine rings is 1. The van der Waals surface area contributed by atoms with Gasteiger partial charge in [-0.25, -0.2) is 14.2 Å². The maximum Gasteiger partial charge on any atom is 0.410 e. The van der Waals surface area contributed by atoms with Gasteiger partial charge in [-0.15, -0.1) is 0 Å². The fraction of sp³-hybridized carbons (Fsp3) is 0.667. The lowest BCUT2D eigenvalue weighted by Crippen LogP contribution is -2.58. The molecule has 2 aliphatic heterocycles. The lowest BCUT2D eigenvalue weighted by molar-refractivity contribution is 0.0191. The number of aliphatic hydroxyl groups excluding tert-OH is 1. The van der Waals surface area contributed by atoms with Crippen molar-refractivity contribution in [1.29, 1.82) is 0 Å². The number of halogens is 1. The van der Waals surface area contributed by atoms with Crippen molar-refractivity contribution in [3.05, 3.63) is 23.1 Å². The number of hydrogen-bond acceptors (Lipinski definition) is 5. The first-order valence-electron chi connectivity index (χ1n) is 8.70. The molecule has 3 heterocycles. The van der Waals surface area contributed by atoms with Gasteiger partial charge in [-0.05, 0) is 52.7 Å². The van der Waals surface area contributed by atoms with Crippen LogP contribution in [0.15, 0.2) is 6.07 Å². The van der Waals surface area contributed by atoms with Crippen molar-refractivity contribution < 1.29 is 19.0 Å². The van der Waals surface area contributed by atoms with E-state index in [-0.39, 0.29) is 23.9 Å². The fourth-order valence-corrected chi connectivity index (χ4v) is 3.66. The molecule has 1 amide bonds. The normalized spacial score (nSPS) is 24.0. The second-order valence-electron chi connectivity index (χ2n) is 8.01. The van der Waals surface area contributed by atoms with Gasteiger partial charge in [0.25, 0.3) is 0 Å². The third-order valence-electron chi connectivity index (χ3n) is 4.59. The Balaban J connectivity index is 1.83. The van der Waals surface area contributed by atoms with E-state index in [4.69, 9.17) is 4.74 Å². The molecular weight excluding hydrogens is 325 g/mol. The maximum absolute atomic E-state index is 14.1. The summed E-state index contributed by atoms with van der Waals surface area (Å²) in [7, 11) is 0.